The molecule has 0 spiro atoms. The first-order valence-electron chi connectivity index (χ1n) is 20.5. The Morgan fingerprint density at radius 2 is 0.767 bits per heavy atom. The van der Waals surface area contributed by atoms with Crippen LogP contribution < -0.4 is 0 Å². The van der Waals surface area contributed by atoms with Gasteiger partial charge in [-0.25, -0.2) is 15.0 Å². The molecule has 11 rings (SSSR count). The van der Waals surface area contributed by atoms with Crippen LogP contribution in [-0.4, -0.2) is 32.9 Å². The Morgan fingerprint density at radius 1 is 0.317 bits per heavy atom. The molecule has 0 aliphatic rings. The van der Waals surface area contributed by atoms with Gasteiger partial charge in [-0.1, -0.05) is 127 Å². The van der Waals surface area contributed by atoms with Crippen molar-refractivity contribution < 1.29 is 0 Å². The van der Waals surface area contributed by atoms with Gasteiger partial charge >= 0.3 is 0 Å². The van der Waals surface area contributed by atoms with E-state index in [1.54, 1.807) is 0 Å². The number of hydrogen-bond donors (Lipinski definition) is 0. The summed E-state index contributed by atoms with van der Waals surface area (Å²) in [6, 6.07) is 75.0. The molecule has 3 heterocycles. The fourth-order valence-corrected chi connectivity index (χ4v) is 9.83. The van der Waals surface area contributed by atoms with Crippen LogP contribution >= 0.6 is 10.0 Å². The zero-order valence-corrected chi connectivity index (χ0v) is 34.7. The lowest BCUT2D eigenvalue weighted by molar-refractivity contribution is 1.17. The molecule has 11 aromatic rings. The second-order valence-corrected chi connectivity index (χ2v) is 20.6. The topological polar surface area (TPSA) is 22.8 Å². The maximum Gasteiger partial charge on any atom is 0.0715 e. The number of rotatable bonds is 7. The number of benzene rings is 8. The average Bonchev–Trinajstić information content (AvgIpc) is 3.81. The van der Waals surface area contributed by atoms with Crippen molar-refractivity contribution in [3.05, 3.63) is 206 Å². The summed E-state index contributed by atoms with van der Waals surface area (Å²) in [5, 5.41) is 5.00. The molecule has 0 N–H and O–H groups in total. The summed E-state index contributed by atoms with van der Waals surface area (Å²) in [6.45, 7) is 0. The minimum absolute atomic E-state index is 0.802. The Balaban J connectivity index is 1.02. The highest BCUT2D eigenvalue weighted by atomic mass is 32.3. The first-order valence-corrected chi connectivity index (χ1v) is 23.3. The Hall–Kier alpha value is -7.14. The smallest absolute Gasteiger partial charge is 0.0715 e. The molecule has 0 amide bonds. The fraction of sp³-hybridized carbons (Fsp3) is 0.0536. The SMILES string of the molecule is CS(C)(C)c1ccc(-n2c3ccccc3c3cc(-c4ccc5c6ccccc6n(-c6ccc(-c7cc(-c8ccccc8)nc(-c8ccccc8)c7)cc6)c5c4)ccc32)cc1. The van der Waals surface area contributed by atoms with E-state index in [-0.39, 0.29) is 0 Å². The van der Waals surface area contributed by atoms with Crippen molar-refractivity contribution in [3.63, 3.8) is 0 Å². The summed E-state index contributed by atoms with van der Waals surface area (Å²) in [6.07, 6.45) is 7.05. The third-order valence-corrected chi connectivity index (χ3v) is 13.6. The Labute approximate surface area is 352 Å². The van der Waals surface area contributed by atoms with Crippen LogP contribution in [0.3, 0.4) is 0 Å². The first kappa shape index (κ1) is 36.0. The van der Waals surface area contributed by atoms with Crippen molar-refractivity contribution in [1.29, 1.82) is 0 Å². The van der Waals surface area contributed by atoms with Crippen LogP contribution in [0.1, 0.15) is 0 Å². The highest BCUT2D eigenvalue weighted by Crippen LogP contribution is 2.46. The maximum absolute atomic E-state index is 5.11. The van der Waals surface area contributed by atoms with E-state index in [4.69, 9.17) is 4.98 Å². The van der Waals surface area contributed by atoms with Gasteiger partial charge in [-0.3, -0.25) is 0 Å². The molecule has 0 atom stereocenters. The summed E-state index contributed by atoms with van der Waals surface area (Å²) in [5.41, 5.74) is 15.9. The van der Waals surface area contributed by atoms with Crippen LogP contribution in [0.5, 0.6) is 0 Å². The standard InChI is InChI=1S/C56H43N3S/c1-60(2,3)46-30-28-45(29-31-46)58-54-21-13-11-19-48(54)50-34-41(25-33-55(50)58)42-24-32-49-47-18-10-12-20-53(47)59(56(49)37-42)44-26-22-38(23-27-44)43-35-51(39-14-6-4-7-15-39)57-52(36-43)40-16-8-5-9-17-40/h4-37H,1-3H3. The minimum atomic E-state index is -0.802. The number of para-hydroxylation sites is 2. The van der Waals surface area contributed by atoms with Crippen molar-refractivity contribution in [2.24, 2.45) is 0 Å². The van der Waals surface area contributed by atoms with Crippen molar-refractivity contribution in [3.8, 4) is 56.1 Å². The monoisotopic (exact) mass is 789 g/mol. The molecule has 0 unspecified atom stereocenters. The lowest BCUT2D eigenvalue weighted by atomic mass is 9.99. The van der Waals surface area contributed by atoms with E-state index in [1.165, 1.54) is 65.3 Å². The van der Waals surface area contributed by atoms with E-state index in [2.05, 4.69) is 234 Å². The Morgan fingerprint density at radius 3 is 1.37 bits per heavy atom. The number of aromatic nitrogens is 3. The zero-order valence-electron chi connectivity index (χ0n) is 33.9. The molecule has 4 heteroatoms. The third-order valence-electron chi connectivity index (χ3n) is 11.9. The van der Waals surface area contributed by atoms with Crippen molar-refractivity contribution >= 4 is 53.6 Å². The maximum atomic E-state index is 5.11. The van der Waals surface area contributed by atoms with E-state index in [9.17, 15) is 0 Å². The molecule has 0 fully saturated rings. The first-order chi connectivity index (χ1) is 29.4. The summed E-state index contributed by atoms with van der Waals surface area (Å²) in [7, 11) is -0.802. The van der Waals surface area contributed by atoms with Gasteiger partial charge in [0.15, 0.2) is 0 Å². The summed E-state index contributed by atoms with van der Waals surface area (Å²) < 4.78 is 4.83. The zero-order chi connectivity index (χ0) is 40.4. The van der Waals surface area contributed by atoms with Gasteiger partial charge in [0.25, 0.3) is 0 Å². The molecule has 0 radical (unpaired) electrons. The molecular formula is C56H43N3S. The summed E-state index contributed by atoms with van der Waals surface area (Å²) in [4.78, 5) is 6.53. The molecule has 0 bridgehead atoms. The predicted molar refractivity (Wildman–Crippen MR) is 258 cm³/mol. The van der Waals surface area contributed by atoms with Crippen LogP contribution in [0, 0.1) is 0 Å². The molecule has 3 nitrogen and oxygen atoms in total. The van der Waals surface area contributed by atoms with Gasteiger partial charge in [0, 0.05) is 44.0 Å². The highest BCUT2D eigenvalue weighted by Gasteiger charge is 2.17. The van der Waals surface area contributed by atoms with E-state index in [1.807, 2.05) is 0 Å². The number of hydrogen-bond acceptors (Lipinski definition) is 1. The second-order valence-electron chi connectivity index (χ2n) is 16.4. The molecule has 0 saturated carbocycles. The van der Waals surface area contributed by atoms with E-state index < -0.39 is 10.0 Å². The highest BCUT2D eigenvalue weighted by molar-refractivity contribution is 8.32. The lowest BCUT2D eigenvalue weighted by Gasteiger charge is -2.26. The van der Waals surface area contributed by atoms with Crippen molar-refractivity contribution in [2.45, 2.75) is 4.90 Å². The van der Waals surface area contributed by atoms with Crippen LogP contribution in [0.15, 0.2) is 211 Å². The lowest BCUT2D eigenvalue weighted by Crippen LogP contribution is -1.96. The van der Waals surface area contributed by atoms with E-state index in [0.29, 0.717) is 0 Å². The van der Waals surface area contributed by atoms with Gasteiger partial charge < -0.3 is 9.13 Å². The summed E-state index contributed by atoms with van der Waals surface area (Å²) in [5.74, 6) is 0. The third kappa shape index (κ3) is 6.20. The quantitative estimate of drug-likeness (QED) is 0.158. The minimum Gasteiger partial charge on any atom is -0.309 e. The largest absolute Gasteiger partial charge is 0.309 e. The van der Waals surface area contributed by atoms with E-state index in [0.717, 1.165) is 39.3 Å². The van der Waals surface area contributed by atoms with Crippen molar-refractivity contribution in [1.82, 2.24) is 14.1 Å². The molecule has 0 aliphatic carbocycles. The molecule has 8 aromatic carbocycles. The van der Waals surface area contributed by atoms with Crippen molar-refractivity contribution in [2.75, 3.05) is 18.8 Å². The second kappa shape index (κ2) is 14.3. The average molecular weight is 790 g/mol. The van der Waals surface area contributed by atoms with Gasteiger partial charge in [-0.05, 0) is 125 Å². The van der Waals surface area contributed by atoms with Gasteiger partial charge in [0.05, 0.1) is 33.5 Å². The van der Waals surface area contributed by atoms with Crippen LogP contribution in [0.4, 0.5) is 0 Å². The van der Waals surface area contributed by atoms with Crippen LogP contribution in [0.25, 0.3) is 99.8 Å². The van der Waals surface area contributed by atoms with Crippen LogP contribution in [0.2, 0.25) is 0 Å². The fourth-order valence-electron chi connectivity index (χ4n) is 8.88. The molecule has 0 saturated heterocycles. The number of pyridine rings is 1. The number of nitrogens with zero attached hydrogens (tertiary/aromatic N) is 3. The molecule has 60 heavy (non-hydrogen) atoms. The predicted octanol–water partition coefficient (Wildman–Crippen LogP) is 15.0. The molecule has 0 aliphatic heterocycles. The van der Waals surface area contributed by atoms with Gasteiger partial charge in [-0.2, -0.15) is 0 Å². The molecule has 3 aromatic heterocycles. The molecule has 288 valence electrons. The Kier molecular flexibility index (Phi) is 8.57. The molecular weight excluding hydrogens is 747 g/mol. The number of fused-ring (bicyclic) bond motifs is 6. The van der Waals surface area contributed by atoms with E-state index >= 15 is 0 Å². The Bertz CT molecular complexity index is 3310. The van der Waals surface area contributed by atoms with Gasteiger partial charge in [0.1, 0.15) is 0 Å². The van der Waals surface area contributed by atoms with Gasteiger partial charge in [-0.15, -0.1) is 0 Å². The normalized spacial score (nSPS) is 12.2. The summed E-state index contributed by atoms with van der Waals surface area (Å²) >= 11 is 0. The van der Waals surface area contributed by atoms with Crippen LogP contribution in [-0.2, 0) is 0 Å². The van der Waals surface area contributed by atoms with Gasteiger partial charge in [0.2, 0.25) is 0 Å².